The van der Waals surface area contributed by atoms with Crippen LogP contribution in [0.4, 0.5) is 0 Å². The average molecular weight is 187 g/mol. The highest BCUT2D eigenvalue weighted by Gasteiger charge is 1.82. The number of aromatic nitrogens is 3. The summed E-state index contributed by atoms with van der Waals surface area (Å²) in [6.07, 6.45) is 6.05. The Morgan fingerprint density at radius 3 is 2.21 bits per heavy atom. The Bertz CT molecular complexity index is 309. The Kier molecular flexibility index (Phi) is 4.80. The van der Waals surface area contributed by atoms with Gasteiger partial charge in [0.1, 0.15) is 0 Å². The second-order valence-corrected chi connectivity index (χ2v) is 2.63. The SMILES string of the molecule is C=CCc1ccccc1.c1cn[nH]n1. The largest absolute Gasteiger partial charge is 0.198 e. The first-order chi connectivity index (χ1) is 6.93. The summed E-state index contributed by atoms with van der Waals surface area (Å²) in [7, 11) is 0. The fourth-order valence-corrected chi connectivity index (χ4v) is 0.947. The molecule has 0 aliphatic heterocycles. The third-order valence-corrected chi connectivity index (χ3v) is 1.55. The summed E-state index contributed by atoms with van der Waals surface area (Å²) in [5.41, 5.74) is 1.33. The lowest BCUT2D eigenvalue weighted by Crippen LogP contribution is -1.75. The van der Waals surface area contributed by atoms with Gasteiger partial charge in [-0.25, -0.2) is 0 Å². The summed E-state index contributed by atoms with van der Waals surface area (Å²) >= 11 is 0. The number of nitrogens with one attached hydrogen (secondary N) is 1. The van der Waals surface area contributed by atoms with Gasteiger partial charge >= 0.3 is 0 Å². The molecule has 1 N–H and O–H groups in total. The Labute approximate surface area is 83.5 Å². The molecule has 0 aliphatic rings. The minimum absolute atomic E-state index is 0.973. The average Bonchev–Trinajstić information content (AvgIpc) is 2.78. The Hall–Kier alpha value is -1.90. The van der Waals surface area contributed by atoms with Gasteiger partial charge in [-0.3, -0.25) is 0 Å². The van der Waals surface area contributed by atoms with Gasteiger partial charge < -0.3 is 0 Å². The van der Waals surface area contributed by atoms with E-state index in [-0.39, 0.29) is 0 Å². The molecule has 72 valence electrons. The molecule has 0 saturated carbocycles. The Morgan fingerprint density at radius 2 is 1.79 bits per heavy atom. The van der Waals surface area contributed by atoms with Crippen molar-refractivity contribution in [3.8, 4) is 0 Å². The maximum Gasteiger partial charge on any atom is 0.0690 e. The van der Waals surface area contributed by atoms with E-state index in [0.717, 1.165) is 6.42 Å². The van der Waals surface area contributed by atoms with Gasteiger partial charge in [0.15, 0.2) is 0 Å². The van der Waals surface area contributed by atoms with E-state index < -0.39 is 0 Å². The highest BCUT2D eigenvalue weighted by molar-refractivity contribution is 5.16. The van der Waals surface area contributed by atoms with Gasteiger partial charge in [0.2, 0.25) is 0 Å². The lowest BCUT2D eigenvalue weighted by atomic mass is 10.2. The van der Waals surface area contributed by atoms with Gasteiger partial charge in [0, 0.05) is 0 Å². The molecular weight excluding hydrogens is 174 g/mol. The second kappa shape index (κ2) is 6.60. The lowest BCUT2D eigenvalue weighted by Gasteiger charge is -1.91. The van der Waals surface area contributed by atoms with Crippen molar-refractivity contribution in [3.63, 3.8) is 0 Å². The van der Waals surface area contributed by atoms with E-state index in [1.54, 1.807) is 12.4 Å². The number of hydrogen-bond donors (Lipinski definition) is 1. The summed E-state index contributed by atoms with van der Waals surface area (Å²) in [4.78, 5) is 0. The van der Waals surface area contributed by atoms with Crippen LogP contribution < -0.4 is 0 Å². The monoisotopic (exact) mass is 187 g/mol. The van der Waals surface area contributed by atoms with Crippen LogP contribution in [0.15, 0.2) is 55.4 Å². The van der Waals surface area contributed by atoms with E-state index >= 15 is 0 Å². The highest BCUT2D eigenvalue weighted by Crippen LogP contribution is 1.98. The molecule has 0 unspecified atom stereocenters. The molecule has 3 heteroatoms. The zero-order chi connectivity index (χ0) is 10.1. The van der Waals surface area contributed by atoms with Crippen molar-refractivity contribution in [1.29, 1.82) is 0 Å². The maximum atomic E-state index is 3.66. The third kappa shape index (κ3) is 4.21. The minimum Gasteiger partial charge on any atom is -0.198 e. The van der Waals surface area contributed by atoms with Crippen molar-refractivity contribution in [3.05, 3.63) is 60.9 Å². The molecule has 3 nitrogen and oxygen atoms in total. The molecule has 0 aliphatic carbocycles. The number of nitrogens with zero attached hydrogens (tertiary/aromatic N) is 2. The summed E-state index contributed by atoms with van der Waals surface area (Å²) in [5, 5.41) is 9.33. The van der Waals surface area contributed by atoms with Crippen molar-refractivity contribution in [2.75, 3.05) is 0 Å². The molecule has 0 saturated heterocycles. The molecular formula is C11H13N3. The summed E-state index contributed by atoms with van der Waals surface area (Å²) in [6.45, 7) is 3.66. The normalized spacial score (nSPS) is 8.57. The smallest absolute Gasteiger partial charge is 0.0690 e. The number of hydrogen-bond acceptors (Lipinski definition) is 2. The second-order valence-electron chi connectivity index (χ2n) is 2.63. The molecule has 2 rings (SSSR count). The minimum atomic E-state index is 0.973. The standard InChI is InChI=1S/C9H10.C2H3N3/c1-2-6-9-7-4-3-5-8-9;1-2-4-5-3-1/h2-5,7-8H,1,6H2;1-2H,(H,3,4,5). The van der Waals surface area contributed by atoms with E-state index in [0.29, 0.717) is 0 Å². The molecule has 0 spiro atoms. The fraction of sp³-hybridized carbons (Fsp3) is 0.0909. The molecule has 14 heavy (non-hydrogen) atoms. The first-order valence-electron chi connectivity index (χ1n) is 4.38. The van der Waals surface area contributed by atoms with E-state index in [1.165, 1.54) is 5.56 Å². The van der Waals surface area contributed by atoms with Gasteiger partial charge in [-0.1, -0.05) is 36.4 Å². The first-order valence-corrected chi connectivity index (χ1v) is 4.38. The van der Waals surface area contributed by atoms with Gasteiger partial charge in [-0.15, -0.1) is 6.58 Å². The number of aromatic amines is 1. The van der Waals surface area contributed by atoms with Crippen molar-refractivity contribution in [2.24, 2.45) is 0 Å². The van der Waals surface area contributed by atoms with Crippen LogP contribution >= 0.6 is 0 Å². The lowest BCUT2D eigenvalue weighted by molar-refractivity contribution is 0.940. The third-order valence-electron chi connectivity index (χ3n) is 1.55. The van der Waals surface area contributed by atoms with E-state index in [4.69, 9.17) is 0 Å². The van der Waals surface area contributed by atoms with Crippen LogP contribution in [-0.2, 0) is 6.42 Å². The van der Waals surface area contributed by atoms with Crippen LogP contribution in [0.1, 0.15) is 5.56 Å². The zero-order valence-corrected chi connectivity index (χ0v) is 7.93. The van der Waals surface area contributed by atoms with Gasteiger partial charge in [-0.2, -0.15) is 15.4 Å². The summed E-state index contributed by atoms with van der Waals surface area (Å²) in [5.74, 6) is 0. The van der Waals surface area contributed by atoms with Gasteiger partial charge in [0.05, 0.1) is 12.4 Å². The molecule has 1 heterocycles. The van der Waals surface area contributed by atoms with Crippen molar-refractivity contribution >= 4 is 0 Å². The number of benzene rings is 1. The Morgan fingerprint density at radius 1 is 1.14 bits per heavy atom. The molecule has 0 bridgehead atoms. The van der Waals surface area contributed by atoms with Crippen LogP contribution in [0.3, 0.4) is 0 Å². The van der Waals surface area contributed by atoms with Crippen LogP contribution in [0.5, 0.6) is 0 Å². The van der Waals surface area contributed by atoms with E-state index in [1.807, 2.05) is 24.3 Å². The molecule has 1 aromatic heterocycles. The van der Waals surface area contributed by atoms with Crippen LogP contribution in [0.25, 0.3) is 0 Å². The molecule has 0 fully saturated rings. The first kappa shape index (κ1) is 10.2. The van der Waals surface area contributed by atoms with Crippen LogP contribution in [0.2, 0.25) is 0 Å². The summed E-state index contributed by atoms with van der Waals surface area (Å²) < 4.78 is 0. The van der Waals surface area contributed by atoms with Crippen LogP contribution in [-0.4, -0.2) is 15.4 Å². The predicted octanol–water partition coefficient (Wildman–Crippen LogP) is 2.22. The molecule has 2 aromatic rings. The zero-order valence-electron chi connectivity index (χ0n) is 7.93. The predicted molar refractivity (Wildman–Crippen MR) is 56.7 cm³/mol. The Balaban J connectivity index is 0.000000165. The fourth-order valence-electron chi connectivity index (χ4n) is 0.947. The van der Waals surface area contributed by atoms with E-state index in [9.17, 15) is 0 Å². The van der Waals surface area contributed by atoms with Gasteiger partial charge in [0.25, 0.3) is 0 Å². The van der Waals surface area contributed by atoms with Crippen molar-refractivity contribution in [1.82, 2.24) is 15.4 Å². The quantitative estimate of drug-likeness (QED) is 0.732. The molecule has 0 atom stereocenters. The number of H-pyrrole nitrogens is 1. The number of allylic oxidation sites excluding steroid dienone is 1. The summed E-state index contributed by atoms with van der Waals surface area (Å²) in [6, 6.07) is 10.3. The molecule has 0 radical (unpaired) electrons. The topological polar surface area (TPSA) is 41.6 Å². The van der Waals surface area contributed by atoms with Gasteiger partial charge in [-0.05, 0) is 12.0 Å². The molecule has 1 aromatic carbocycles. The van der Waals surface area contributed by atoms with E-state index in [2.05, 4.69) is 34.1 Å². The highest BCUT2D eigenvalue weighted by atomic mass is 15.3. The molecule has 0 amide bonds. The maximum absolute atomic E-state index is 3.66. The van der Waals surface area contributed by atoms with Crippen molar-refractivity contribution in [2.45, 2.75) is 6.42 Å². The van der Waals surface area contributed by atoms with Crippen molar-refractivity contribution < 1.29 is 0 Å². The number of rotatable bonds is 2. The van der Waals surface area contributed by atoms with Crippen LogP contribution in [0, 0.1) is 0 Å².